The van der Waals surface area contributed by atoms with Gasteiger partial charge in [0.2, 0.25) is 0 Å². The topological polar surface area (TPSA) is 40.5 Å². The number of benzene rings is 2. The molecule has 1 unspecified atom stereocenters. The summed E-state index contributed by atoms with van der Waals surface area (Å²) < 4.78 is 0. The number of carbonyl (C=O) groups is 1. The number of rotatable bonds is 7. The summed E-state index contributed by atoms with van der Waals surface area (Å²) in [4.78, 5) is 13.6. The van der Waals surface area contributed by atoms with Gasteiger partial charge in [0.15, 0.2) is 0 Å². The molecule has 3 heteroatoms. The van der Waals surface area contributed by atoms with Crippen molar-refractivity contribution >= 4 is 5.97 Å². The normalized spacial score (nSPS) is 12.3. The van der Waals surface area contributed by atoms with Crippen LogP contribution in [0.4, 0.5) is 0 Å². The highest BCUT2D eigenvalue weighted by molar-refractivity contribution is 5.89. The average molecular weight is 297 g/mol. The standard InChI is InChI=1S/C19H23NO2/c1-20(2)13-12-16(15-8-4-3-5-9-15)14-17-10-6-7-11-18(17)19(21)22/h3-11,16H,12-14H2,1-2H3,(H,21,22). The highest BCUT2D eigenvalue weighted by Gasteiger charge is 2.16. The molecule has 0 aliphatic carbocycles. The summed E-state index contributed by atoms with van der Waals surface area (Å²) in [6, 6.07) is 17.7. The molecule has 22 heavy (non-hydrogen) atoms. The van der Waals surface area contributed by atoms with Gasteiger partial charge in [-0.3, -0.25) is 0 Å². The van der Waals surface area contributed by atoms with Gasteiger partial charge in [0, 0.05) is 0 Å². The molecule has 0 bridgehead atoms. The molecule has 2 aromatic carbocycles. The van der Waals surface area contributed by atoms with E-state index in [0.717, 1.165) is 24.9 Å². The Balaban J connectivity index is 2.25. The third kappa shape index (κ3) is 4.43. The molecule has 1 N–H and O–H groups in total. The van der Waals surface area contributed by atoms with Gasteiger partial charge in [0.1, 0.15) is 0 Å². The van der Waals surface area contributed by atoms with Crippen LogP contribution in [0.2, 0.25) is 0 Å². The maximum absolute atomic E-state index is 11.4. The summed E-state index contributed by atoms with van der Waals surface area (Å²) in [5, 5.41) is 9.36. The Bertz CT molecular complexity index is 608. The van der Waals surface area contributed by atoms with Crippen molar-refractivity contribution in [2.75, 3.05) is 20.6 Å². The van der Waals surface area contributed by atoms with E-state index in [4.69, 9.17) is 0 Å². The molecule has 0 aromatic heterocycles. The van der Waals surface area contributed by atoms with E-state index in [-0.39, 0.29) is 0 Å². The van der Waals surface area contributed by atoms with E-state index < -0.39 is 5.97 Å². The van der Waals surface area contributed by atoms with Crippen molar-refractivity contribution in [1.82, 2.24) is 4.90 Å². The average Bonchev–Trinajstić information content (AvgIpc) is 2.52. The molecule has 0 fully saturated rings. The highest BCUT2D eigenvalue weighted by Crippen LogP contribution is 2.26. The van der Waals surface area contributed by atoms with Gasteiger partial charge in [0.05, 0.1) is 5.56 Å². The summed E-state index contributed by atoms with van der Waals surface area (Å²) in [7, 11) is 4.13. The zero-order valence-electron chi connectivity index (χ0n) is 13.2. The maximum Gasteiger partial charge on any atom is 0.335 e. The van der Waals surface area contributed by atoms with Crippen molar-refractivity contribution < 1.29 is 9.90 Å². The Hall–Kier alpha value is -2.13. The molecule has 0 heterocycles. The van der Waals surface area contributed by atoms with Crippen LogP contribution in [0.15, 0.2) is 54.6 Å². The first kappa shape index (κ1) is 16.2. The van der Waals surface area contributed by atoms with Crippen LogP contribution in [-0.4, -0.2) is 36.6 Å². The molecule has 0 saturated carbocycles. The summed E-state index contributed by atoms with van der Waals surface area (Å²) >= 11 is 0. The van der Waals surface area contributed by atoms with Crippen LogP contribution < -0.4 is 0 Å². The molecular weight excluding hydrogens is 274 g/mol. The predicted molar refractivity (Wildman–Crippen MR) is 89.5 cm³/mol. The molecule has 0 spiro atoms. The minimum absolute atomic E-state index is 0.323. The van der Waals surface area contributed by atoms with Gasteiger partial charge in [-0.2, -0.15) is 0 Å². The molecule has 3 nitrogen and oxygen atoms in total. The lowest BCUT2D eigenvalue weighted by Crippen LogP contribution is -2.17. The number of nitrogens with zero attached hydrogens (tertiary/aromatic N) is 1. The lowest BCUT2D eigenvalue weighted by molar-refractivity contribution is 0.0695. The van der Waals surface area contributed by atoms with Crippen LogP contribution in [0, 0.1) is 0 Å². The molecule has 0 aliphatic heterocycles. The smallest absolute Gasteiger partial charge is 0.335 e. The van der Waals surface area contributed by atoms with Crippen molar-refractivity contribution in [3.8, 4) is 0 Å². The Labute approximate surface area is 132 Å². The van der Waals surface area contributed by atoms with Crippen LogP contribution in [0.1, 0.15) is 33.8 Å². The van der Waals surface area contributed by atoms with Gasteiger partial charge in [-0.15, -0.1) is 0 Å². The SMILES string of the molecule is CN(C)CCC(Cc1ccccc1C(=O)O)c1ccccc1. The summed E-state index contributed by atoms with van der Waals surface area (Å²) in [5.74, 6) is -0.529. The quantitative estimate of drug-likeness (QED) is 0.848. The van der Waals surface area contributed by atoms with Gasteiger partial charge < -0.3 is 10.0 Å². The van der Waals surface area contributed by atoms with Crippen molar-refractivity contribution in [2.24, 2.45) is 0 Å². The van der Waals surface area contributed by atoms with Gasteiger partial charge >= 0.3 is 5.97 Å². The second-order valence-electron chi connectivity index (χ2n) is 5.87. The molecule has 116 valence electrons. The second kappa shape index (κ2) is 7.76. The molecule has 0 aliphatic rings. The molecule has 2 aromatic rings. The fourth-order valence-corrected chi connectivity index (χ4v) is 2.70. The molecule has 0 amide bonds. The molecule has 2 rings (SSSR count). The Kier molecular flexibility index (Phi) is 5.73. The van der Waals surface area contributed by atoms with Crippen LogP contribution in [0.5, 0.6) is 0 Å². The van der Waals surface area contributed by atoms with Crippen molar-refractivity contribution in [2.45, 2.75) is 18.8 Å². The molecule has 0 radical (unpaired) electrons. The van der Waals surface area contributed by atoms with E-state index in [1.54, 1.807) is 12.1 Å². The van der Waals surface area contributed by atoms with Crippen molar-refractivity contribution in [3.05, 3.63) is 71.3 Å². The van der Waals surface area contributed by atoms with Crippen molar-refractivity contribution in [1.29, 1.82) is 0 Å². The number of carboxylic acid groups (broad SMARTS) is 1. The molecular formula is C19H23NO2. The Morgan fingerprint density at radius 3 is 2.32 bits per heavy atom. The van der Waals surface area contributed by atoms with E-state index in [1.807, 2.05) is 30.3 Å². The molecule has 0 saturated heterocycles. The predicted octanol–water partition coefficient (Wildman–Crippen LogP) is 3.66. The van der Waals surface area contributed by atoms with E-state index >= 15 is 0 Å². The van der Waals surface area contributed by atoms with Crippen LogP contribution in [0.25, 0.3) is 0 Å². The van der Waals surface area contributed by atoms with E-state index in [9.17, 15) is 9.90 Å². The summed E-state index contributed by atoms with van der Waals surface area (Å²) in [5.41, 5.74) is 2.58. The number of hydrogen-bond acceptors (Lipinski definition) is 2. The zero-order valence-corrected chi connectivity index (χ0v) is 13.2. The number of aromatic carboxylic acids is 1. The third-order valence-corrected chi connectivity index (χ3v) is 3.91. The van der Waals surface area contributed by atoms with Crippen LogP contribution >= 0.6 is 0 Å². The first-order valence-corrected chi connectivity index (χ1v) is 7.59. The van der Waals surface area contributed by atoms with E-state index in [2.05, 4.69) is 31.1 Å². The van der Waals surface area contributed by atoms with Gasteiger partial charge in [-0.05, 0) is 56.6 Å². The van der Waals surface area contributed by atoms with Gasteiger partial charge in [-0.1, -0.05) is 48.5 Å². The van der Waals surface area contributed by atoms with E-state index in [1.165, 1.54) is 5.56 Å². The maximum atomic E-state index is 11.4. The summed E-state index contributed by atoms with van der Waals surface area (Å²) in [6.45, 7) is 0.981. The fourth-order valence-electron chi connectivity index (χ4n) is 2.70. The van der Waals surface area contributed by atoms with E-state index in [0.29, 0.717) is 11.5 Å². The Morgan fingerprint density at radius 1 is 1.05 bits per heavy atom. The van der Waals surface area contributed by atoms with Gasteiger partial charge in [0.25, 0.3) is 0 Å². The van der Waals surface area contributed by atoms with Gasteiger partial charge in [-0.25, -0.2) is 4.79 Å². The third-order valence-electron chi connectivity index (χ3n) is 3.91. The lowest BCUT2D eigenvalue weighted by atomic mass is 9.87. The Morgan fingerprint density at radius 2 is 1.68 bits per heavy atom. The summed E-state index contributed by atoms with van der Waals surface area (Å²) in [6.07, 6.45) is 1.76. The van der Waals surface area contributed by atoms with Crippen LogP contribution in [-0.2, 0) is 6.42 Å². The monoisotopic (exact) mass is 297 g/mol. The number of hydrogen-bond donors (Lipinski definition) is 1. The first-order valence-electron chi connectivity index (χ1n) is 7.59. The fraction of sp³-hybridized carbons (Fsp3) is 0.316. The first-order chi connectivity index (χ1) is 10.6. The minimum Gasteiger partial charge on any atom is -0.478 e. The molecule has 1 atom stereocenters. The highest BCUT2D eigenvalue weighted by atomic mass is 16.4. The lowest BCUT2D eigenvalue weighted by Gasteiger charge is -2.20. The largest absolute Gasteiger partial charge is 0.478 e. The zero-order chi connectivity index (χ0) is 15.9. The van der Waals surface area contributed by atoms with Crippen LogP contribution in [0.3, 0.4) is 0 Å². The minimum atomic E-state index is -0.852. The second-order valence-corrected chi connectivity index (χ2v) is 5.87. The number of carboxylic acids is 1. The van der Waals surface area contributed by atoms with Crippen molar-refractivity contribution in [3.63, 3.8) is 0 Å².